The van der Waals surface area contributed by atoms with E-state index in [9.17, 15) is 0 Å². The number of aromatic amines is 1. The van der Waals surface area contributed by atoms with Crippen LogP contribution in [0.5, 0.6) is 0 Å². The van der Waals surface area contributed by atoms with Crippen molar-refractivity contribution in [3.05, 3.63) is 35.7 Å². The molecule has 0 aromatic carbocycles. The third-order valence-corrected chi connectivity index (χ3v) is 2.30. The summed E-state index contributed by atoms with van der Waals surface area (Å²) in [4.78, 5) is 3.26. The van der Waals surface area contributed by atoms with Crippen molar-refractivity contribution in [1.82, 2.24) is 4.98 Å². The molecule has 0 saturated carbocycles. The largest absolute Gasteiger partial charge is 0.361 e. The van der Waals surface area contributed by atoms with Gasteiger partial charge in [-0.2, -0.15) is 0 Å². The molecule has 0 aliphatic carbocycles. The van der Waals surface area contributed by atoms with Gasteiger partial charge < -0.3 is 4.98 Å². The van der Waals surface area contributed by atoms with Crippen LogP contribution in [0.3, 0.4) is 0 Å². The Morgan fingerprint density at radius 2 is 1.88 bits per heavy atom. The summed E-state index contributed by atoms with van der Waals surface area (Å²) in [6.45, 7) is 16.6. The highest BCUT2D eigenvalue weighted by Gasteiger charge is 2.15. The van der Waals surface area contributed by atoms with Gasteiger partial charge in [-0.15, -0.1) is 0 Å². The Hall–Kier alpha value is -1.24. The number of hydrogen-bond acceptors (Lipinski definition) is 0. The zero-order chi connectivity index (χ0) is 13.5. The van der Waals surface area contributed by atoms with Gasteiger partial charge in [-0.25, -0.2) is 0 Å². The van der Waals surface area contributed by atoms with Crippen molar-refractivity contribution in [2.45, 2.75) is 48.0 Å². The first-order chi connectivity index (χ1) is 7.98. The molecule has 0 fully saturated rings. The number of nitrogens with one attached hydrogen (secondary N) is 1. The number of hydrogen-bond donors (Lipinski definition) is 1. The smallest absolute Gasteiger partial charge is 0.0450 e. The van der Waals surface area contributed by atoms with Crippen LogP contribution in [0.2, 0.25) is 0 Å². The third-order valence-electron chi connectivity index (χ3n) is 2.30. The fourth-order valence-electron chi connectivity index (χ4n) is 1.74. The van der Waals surface area contributed by atoms with E-state index < -0.39 is 0 Å². The van der Waals surface area contributed by atoms with Gasteiger partial charge in [-0.05, 0) is 30.4 Å². The van der Waals surface area contributed by atoms with Gasteiger partial charge in [0.15, 0.2) is 0 Å². The molecule has 0 aliphatic heterocycles. The van der Waals surface area contributed by atoms with Gasteiger partial charge in [0, 0.05) is 17.5 Å². The highest BCUT2D eigenvalue weighted by atomic mass is 14.7. The van der Waals surface area contributed by atoms with Crippen LogP contribution in [-0.2, 0) is 6.42 Å². The van der Waals surface area contributed by atoms with Crippen LogP contribution >= 0.6 is 0 Å². The molecule has 0 radical (unpaired) electrons. The molecule has 0 unspecified atom stereocenters. The Morgan fingerprint density at radius 1 is 1.29 bits per heavy atom. The molecule has 1 aromatic heterocycles. The second-order valence-corrected chi connectivity index (χ2v) is 5.08. The monoisotopic (exact) mass is 233 g/mol. The van der Waals surface area contributed by atoms with Crippen LogP contribution in [0.4, 0.5) is 0 Å². The van der Waals surface area contributed by atoms with Gasteiger partial charge >= 0.3 is 0 Å². The van der Waals surface area contributed by atoms with E-state index >= 15 is 0 Å². The van der Waals surface area contributed by atoms with E-state index in [4.69, 9.17) is 0 Å². The van der Waals surface area contributed by atoms with E-state index in [1.807, 2.05) is 26.8 Å². The van der Waals surface area contributed by atoms with Crippen LogP contribution in [-0.4, -0.2) is 4.98 Å². The predicted octanol–water partition coefficient (Wildman–Crippen LogP) is 5.31. The summed E-state index contributed by atoms with van der Waals surface area (Å²) in [5, 5.41) is 0. The van der Waals surface area contributed by atoms with E-state index in [0.29, 0.717) is 5.41 Å². The molecule has 0 bridgehead atoms. The van der Waals surface area contributed by atoms with E-state index in [1.165, 1.54) is 11.1 Å². The van der Waals surface area contributed by atoms with Crippen molar-refractivity contribution < 1.29 is 0 Å². The summed E-state index contributed by atoms with van der Waals surface area (Å²) < 4.78 is 0. The SMILES string of the molecule is C=Cc1[nH]cc(CC(C)(C)C)c1/C=C\C.CC. The highest BCUT2D eigenvalue weighted by molar-refractivity contribution is 5.65. The van der Waals surface area contributed by atoms with Crippen LogP contribution in [0, 0.1) is 5.41 Å². The van der Waals surface area contributed by atoms with Gasteiger partial charge in [0.25, 0.3) is 0 Å². The van der Waals surface area contributed by atoms with Gasteiger partial charge in [0.05, 0.1) is 0 Å². The minimum absolute atomic E-state index is 0.316. The fourth-order valence-corrected chi connectivity index (χ4v) is 1.74. The molecule has 0 spiro atoms. The van der Waals surface area contributed by atoms with Crippen molar-refractivity contribution >= 4 is 12.2 Å². The van der Waals surface area contributed by atoms with E-state index in [1.54, 1.807) is 0 Å². The lowest BCUT2D eigenvalue weighted by molar-refractivity contribution is 0.411. The first-order valence-corrected chi connectivity index (χ1v) is 6.43. The maximum atomic E-state index is 3.82. The van der Waals surface area contributed by atoms with Gasteiger partial charge in [-0.1, -0.05) is 53.3 Å². The summed E-state index contributed by atoms with van der Waals surface area (Å²) in [5.74, 6) is 0. The average Bonchev–Trinajstić information content (AvgIpc) is 2.62. The third kappa shape index (κ3) is 5.08. The summed E-state index contributed by atoms with van der Waals surface area (Å²) >= 11 is 0. The summed E-state index contributed by atoms with van der Waals surface area (Å²) in [5.41, 5.74) is 4.09. The summed E-state index contributed by atoms with van der Waals surface area (Å²) in [6, 6.07) is 0. The zero-order valence-electron chi connectivity index (χ0n) is 12.2. The maximum absolute atomic E-state index is 3.82. The Morgan fingerprint density at radius 3 is 2.29 bits per heavy atom. The predicted molar refractivity (Wildman–Crippen MR) is 80.1 cm³/mol. The Kier molecular flexibility index (Phi) is 6.64. The second-order valence-electron chi connectivity index (χ2n) is 5.08. The Bertz CT molecular complexity index is 361. The minimum atomic E-state index is 0.316. The molecule has 1 aromatic rings. The average molecular weight is 233 g/mol. The molecule has 1 N–H and O–H groups in total. The first-order valence-electron chi connectivity index (χ1n) is 6.43. The molecule has 0 atom stereocenters. The molecule has 96 valence electrons. The van der Waals surface area contributed by atoms with E-state index in [-0.39, 0.29) is 0 Å². The first kappa shape index (κ1) is 15.8. The molecule has 1 heteroatoms. The molecule has 0 amide bonds. The number of H-pyrrole nitrogens is 1. The molecule has 0 saturated heterocycles. The Balaban J connectivity index is 0.00000121. The second kappa shape index (κ2) is 7.16. The van der Waals surface area contributed by atoms with Crippen molar-refractivity contribution in [3.63, 3.8) is 0 Å². The zero-order valence-corrected chi connectivity index (χ0v) is 12.2. The maximum Gasteiger partial charge on any atom is 0.0450 e. The highest BCUT2D eigenvalue weighted by Crippen LogP contribution is 2.26. The quantitative estimate of drug-likeness (QED) is 0.728. The van der Waals surface area contributed by atoms with Crippen LogP contribution < -0.4 is 0 Å². The van der Waals surface area contributed by atoms with Crippen molar-refractivity contribution in [3.8, 4) is 0 Å². The molecular weight excluding hydrogens is 206 g/mol. The number of allylic oxidation sites excluding steroid dienone is 1. The normalized spacial score (nSPS) is 11.2. The van der Waals surface area contributed by atoms with Gasteiger partial charge in [0.2, 0.25) is 0 Å². The van der Waals surface area contributed by atoms with Crippen LogP contribution in [0.15, 0.2) is 18.9 Å². The summed E-state index contributed by atoms with van der Waals surface area (Å²) in [6.07, 6.45) is 9.27. The van der Waals surface area contributed by atoms with E-state index in [2.05, 4.69) is 50.7 Å². The molecule has 0 aliphatic rings. The van der Waals surface area contributed by atoms with Crippen molar-refractivity contribution in [2.24, 2.45) is 5.41 Å². The van der Waals surface area contributed by atoms with Crippen LogP contribution in [0.1, 0.15) is 58.4 Å². The van der Waals surface area contributed by atoms with Crippen LogP contribution in [0.25, 0.3) is 12.2 Å². The molecular formula is C16H27N. The van der Waals surface area contributed by atoms with Gasteiger partial charge in [-0.3, -0.25) is 0 Å². The topological polar surface area (TPSA) is 15.8 Å². The molecule has 1 nitrogen and oxygen atoms in total. The standard InChI is InChI=1S/C14H21N.C2H6/c1-6-8-12-11(9-14(3,4)5)10-15-13(12)7-2;1-2/h6-8,10,15H,2,9H2,1,3-5H3;1-2H3/b8-6-;. The number of aromatic nitrogens is 1. The van der Waals surface area contributed by atoms with Crippen molar-refractivity contribution in [1.29, 1.82) is 0 Å². The van der Waals surface area contributed by atoms with Crippen molar-refractivity contribution in [2.75, 3.05) is 0 Å². The number of rotatable bonds is 3. The Labute approximate surface area is 107 Å². The minimum Gasteiger partial charge on any atom is -0.361 e. The molecule has 17 heavy (non-hydrogen) atoms. The lowest BCUT2D eigenvalue weighted by Gasteiger charge is -2.17. The lowest BCUT2D eigenvalue weighted by Crippen LogP contribution is -2.09. The van der Waals surface area contributed by atoms with Gasteiger partial charge in [0.1, 0.15) is 0 Å². The molecule has 1 rings (SSSR count). The molecule has 1 heterocycles. The lowest BCUT2D eigenvalue weighted by atomic mass is 9.87. The summed E-state index contributed by atoms with van der Waals surface area (Å²) in [7, 11) is 0. The van der Waals surface area contributed by atoms with E-state index in [0.717, 1.165) is 12.1 Å². The fraction of sp³-hybridized carbons (Fsp3) is 0.500.